The number of nitrogens with zero attached hydrogens (tertiary/aromatic N) is 1. The number of likely N-dealkylation sites (tertiary alicyclic amines) is 1. The number of halogens is 3. The van der Waals surface area contributed by atoms with Gasteiger partial charge < -0.3 is 15.0 Å². The maximum absolute atomic E-state index is 12.6. The van der Waals surface area contributed by atoms with Crippen molar-refractivity contribution in [3.8, 4) is 5.75 Å². The molecule has 2 aromatic rings. The first-order chi connectivity index (χ1) is 13.8. The van der Waals surface area contributed by atoms with Gasteiger partial charge >= 0.3 is 6.36 Å². The highest BCUT2D eigenvalue weighted by molar-refractivity contribution is 5.93. The van der Waals surface area contributed by atoms with E-state index < -0.39 is 18.0 Å². The molecule has 1 fully saturated rings. The second-order valence-electron chi connectivity index (χ2n) is 6.91. The number of benzene rings is 2. The second kappa shape index (κ2) is 8.98. The van der Waals surface area contributed by atoms with E-state index in [1.807, 2.05) is 30.3 Å². The molecule has 0 aromatic heterocycles. The number of piperidine rings is 1. The van der Waals surface area contributed by atoms with Crippen LogP contribution in [-0.4, -0.2) is 36.2 Å². The van der Waals surface area contributed by atoms with Gasteiger partial charge in [0.1, 0.15) is 5.75 Å². The van der Waals surface area contributed by atoms with Gasteiger partial charge in [-0.3, -0.25) is 9.59 Å². The van der Waals surface area contributed by atoms with E-state index in [0.29, 0.717) is 19.4 Å². The number of alkyl halides is 3. The lowest BCUT2D eigenvalue weighted by molar-refractivity contribution is -0.274. The highest BCUT2D eigenvalue weighted by atomic mass is 19.4. The third kappa shape index (κ3) is 6.23. The number of nitrogens with one attached hydrogen (secondary N) is 1. The van der Waals surface area contributed by atoms with Crippen molar-refractivity contribution < 1.29 is 27.5 Å². The number of carbonyl (C=O) groups excluding carboxylic acids is 2. The average Bonchev–Trinajstić information content (AvgIpc) is 2.68. The van der Waals surface area contributed by atoms with Crippen molar-refractivity contribution in [1.29, 1.82) is 0 Å². The van der Waals surface area contributed by atoms with Crippen LogP contribution in [0.5, 0.6) is 5.75 Å². The van der Waals surface area contributed by atoms with E-state index in [9.17, 15) is 22.8 Å². The zero-order chi connectivity index (χ0) is 20.9. The lowest BCUT2D eigenvalue weighted by Crippen LogP contribution is -2.44. The van der Waals surface area contributed by atoms with Gasteiger partial charge in [-0.15, -0.1) is 13.2 Å². The van der Waals surface area contributed by atoms with Crippen LogP contribution in [0, 0.1) is 5.92 Å². The molecule has 154 valence electrons. The Labute approximate surface area is 166 Å². The van der Waals surface area contributed by atoms with Crippen molar-refractivity contribution in [2.24, 2.45) is 5.92 Å². The predicted molar refractivity (Wildman–Crippen MR) is 101 cm³/mol. The van der Waals surface area contributed by atoms with Crippen LogP contribution >= 0.6 is 0 Å². The minimum atomic E-state index is -4.80. The molecule has 0 aliphatic carbocycles. The highest BCUT2D eigenvalue weighted by Gasteiger charge is 2.31. The summed E-state index contributed by atoms with van der Waals surface area (Å²) in [6, 6.07) is 14.5. The topological polar surface area (TPSA) is 58.6 Å². The van der Waals surface area contributed by atoms with E-state index in [1.54, 1.807) is 4.90 Å². The highest BCUT2D eigenvalue weighted by Crippen LogP contribution is 2.26. The van der Waals surface area contributed by atoms with E-state index in [4.69, 9.17) is 0 Å². The molecule has 2 aromatic carbocycles. The summed E-state index contributed by atoms with van der Waals surface area (Å²) < 4.78 is 40.9. The molecule has 1 unspecified atom stereocenters. The fourth-order valence-corrected chi connectivity index (χ4v) is 3.32. The van der Waals surface area contributed by atoms with Crippen molar-refractivity contribution in [3.05, 3.63) is 60.2 Å². The predicted octanol–water partition coefficient (Wildman–Crippen LogP) is 4.01. The summed E-state index contributed by atoms with van der Waals surface area (Å²) in [5.41, 5.74) is 1.12. The third-order valence-corrected chi connectivity index (χ3v) is 4.68. The second-order valence-corrected chi connectivity index (χ2v) is 6.91. The summed E-state index contributed by atoms with van der Waals surface area (Å²) >= 11 is 0. The summed E-state index contributed by atoms with van der Waals surface area (Å²) in [4.78, 5) is 26.8. The van der Waals surface area contributed by atoms with Crippen LogP contribution in [0.4, 0.5) is 18.9 Å². The van der Waals surface area contributed by atoms with Crippen LogP contribution in [0.2, 0.25) is 0 Å². The number of anilines is 1. The maximum Gasteiger partial charge on any atom is 0.573 e. The van der Waals surface area contributed by atoms with Gasteiger partial charge in [0.2, 0.25) is 11.8 Å². The van der Waals surface area contributed by atoms with E-state index in [2.05, 4.69) is 10.1 Å². The molecule has 1 aliphatic rings. The van der Waals surface area contributed by atoms with E-state index >= 15 is 0 Å². The molecule has 1 heterocycles. The molecule has 0 saturated carbocycles. The Bertz CT molecular complexity index is 856. The van der Waals surface area contributed by atoms with E-state index in [0.717, 1.165) is 17.7 Å². The molecule has 1 N–H and O–H groups in total. The van der Waals surface area contributed by atoms with E-state index in [1.165, 1.54) is 12.1 Å². The van der Waals surface area contributed by atoms with Crippen LogP contribution in [0.1, 0.15) is 18.4 Å². The summed E-state index contributed by atoms with van der Waals surface area (Å²) in [5, 5.41) is 2.62. The van der Waals surface area contributed by atoms with Gasteiger partial charge in [0.15, 0.2) is 0 Å². The molecule has 1 aliphatic heterocycles. The number of amides is 2. The quantitative estimate of drug-likeness (QED) is 0.817. The Morgan fingerprint density at radius 1 is 1.10 bits per heavy atom. The molecule has 0 bridgehead atoms. The lowest BCUT2D eigenvalue weighted by Gasteiger charge is -2.32. The Hall–Kier alpha value is -3.03. The molecule has 8 heteroatoms. The van der Waals surface area contributed by atoms with Crippen LogP contribution in [0.15, 0.2) is 54.6 Å². The minimum absolute atomic E-state index is 0.0470. The summed E-state index contributed by atoms with van der Waals surface area (Å²) in [5.74, 6) is -1.20. The fraction of sp³-hybridized carbons (Fsp3) is 0.333. The van der Waals surface area contributed by atoms with E-state index in [-0.39, 0.29) is 30.5 Å². The van der Waals surface area contributed by atoms with Crippen LogP contribution < -0.4 is 10.1 Å². The van der Waals surface area contributed by atoms with Gasteiger partial charge in [0, 0.05) is 24.8 Å². The van der Waals surface area contributed by atoms with Crippen LogP contribution in [0.3, 0.4) is 0 Å². The smallest absolute Gasteiger partial charge is 0.406 e. The number of rotatable bonds is 5. The maximum atomic E-state index is 12.6. The molecule has 1 saturated heterocycles. The van der Waals surface area contributed by atoms with Crippen molar-refractivity contribution >= 4 is 17.5 Å². The van der Waals surface area contributed by atoms with Gasteiger partial charge in [0.05, 0.1) is 12.3 Å². The monoisotopic (exact) mass is 406 g/mol. The van der Waals surface area contributed by atoms with Crippen molar-refractivity contribution in [1.82, 2.24) is 4.90 Å². The molecule has 29 heavy (non-hydrogen) atoms. The van der Waals surface area contributed by atoms with Gasteiger partial charge in [-0.2, -0.15) is 0 Å². The molecular weight excluding hydrogens is 385 g/mol. The zero-order valence-electron chi connectivity index (χ0n) is 15.6. The standard InChI is InChI=1S/C21H21F3N2O3/c22-21(23,24)29-18-10-4-9-17(13-18)25-20(28)16-8-5-11-26(14-16)19(27)12-15-6-2-1-3-7-15/h1-4,6-7,9-10,13,16H,5,8,11-12,14H2,(H,25,28). The number of carbonyl (C=O) groups is 2. The number of ether oxygens (including phenoxy) is 1. The largest absolute Gasteiger partial charge is 0.573 e. The SMILES string of the molecule is O=C(Nc1cccc(OC(F)(F)F)c1)C1CCCN(C(=O)Cc2ccccc2)C1. The minimum Gasteiger partial charge on any atom is -0.406 e. The first-order valence-corrected chi connectivity index (χ1v) is 9.28. The van der Waals surface area contributed by atoms with Crippen LogP contribution in [-0.2, 0) is 16.0 Å². The van der Waals surface area contributed by atoms with Crippen LogP contribution in [0.25, 0.3) is 0 Å². The van der Waals surface area contributed by atoms with Gasteiger partial charge in [-0.1, -0.05) is 36.4 Å². The normalized spacial score (nSPS) is 16.9. The number of hydrogen-bond acceptors (Lipinski definition) is 3. The molecule has 5 nitrogen and oxygen atoms in total. The molecule has 1 atom stereocenters. The zero-order valence-corrected chi connectivity index (χ0v) is 15.6. The lowest BCUT2D eigenvalue weighted by atomic mass is 9.96. The first-order valence-electron chi connectivity index (χ1n) is 9.28. The molecule has 0 radical (unpaired) electrons. The Kier molecular flexibility index (Phi) is 6.41. The average molecular weight is 406 g/mol. The molecular formula is C21H21F3N2O3. The number of hydrogen-bond donors (Lipinski definition) is 1. The Morgan fingerprint density at radius 2 is 1.86 bits per heavy atom. The van der Waals surface area contributed by atoms with Crippen molar-refractivity contribution in [3.63, 3.8) is 0 Å². The van der Waals surface area contributed by atoms with Gasteiger partial charge in [-0.05, 0) is 30.5 Å². The van der Waals surface area contributed by atoms with Gasteiger partial charge in [-0.25, -0.2) is 0 Å². The first kappa shape index (κ1) is 20.7. The third-order valence-electron chi connectivity index (χ3n) is 4.68. The van der Waals surface area contributed by atoms with Crippen molar-refractivity contribution in [2.45, 2.75) is 25.6 Å². The summed E-state index contributed by atoms with van der Waals surface area (Å²) in [6.07, 6.45) is -3.23. The fourth-order valence-electron chi connectivity index (χ4n) is 3.32. The Morgan fingerprint density at radius 3 is 2.59 bits per heavy atom. The summed E-state index contributed by atoms with van der Waals surface area (Å²) in [7, 11) is 0. The molecule has 2 amide bonds. The summed E-state index contributed by atoms with van der Waals surface area (Å²) in [6.45, 7) is 0.876. The molecule has 3 rings (SSSR count). The van der Waals surface area contributed by atoms with Crippen molar-refractivity contribution in [2.75, 3.05) is 18.4 Å². The molecule has 0 spiro atoms. The Balaban J connectivity index is 1.58. The van der Waals surface area contributed by atoms with Gasteiger partial charge in [0.25, 0.3) is 0 Å².